The van der Waals surface area contributed by atoms with Crippen molar-refractivity contribution in [2.75, 3.05) is 0 Å². The Kier molecular flexibility index (Phi) is 20.6. The molecule has 12 heteroatoms. The predicted molar refractivity (Wildman–Crippen MR) is 577 cm³/mol. The fourth-order valence-electron chi connectivity index (χ4n) is 19.8. The van der Waals surface area contributed by atoms with E-state index in [2.05, 4.69) is 309 Å². The second-order valence-corrected chi connectivity index (χ2v) is 35.4. The first kappa shape index (κ1) is 82.5. The fraction of sp³-hybridized carbons (Fsp3) is 0. The molecule has 12 nitrogen and oxygen atoms in total. The Labute approximate surface area is 809 Å². The van der Waals surface area contributed by atoms with E-state index in [0.717, 1.165) is 181 Å². The van der Waals surface area contributed by atoms with E-state index in [9.17, 15) is 0 Å². The third kappa shape index (κ3) is 15.7. The molecule has 0 bridgehead atoms. The van der Waals surface area contributed by atoms with Gasteiger partial charge in [0.1, 0.15) is 33.5 Å². The van der Waals surface area contributed by atoms with Crippen LogP contribution in [0.2, 0.25) is 0 Å². The standard InChI is InChI=1S/C47H29N3O.2C41H25N3O/c1-3-12-30(13-4-1)45-48-46(31-14-5-2-6-15-31)50-47(49-45)35-27-25-32-28-34(26-24-33(32)29-35)36-17-9-19-38-37(36)18-10-20-39(38)40-21-11-23-43-44(40)41-16-7-8-22-42(41)51-43;1-2-10-27(11-3-1)39-42-40(32-21-17-26-9-4-5-12-28(26)24-32)44-41(43-39)33-22-19-29-23-31(20-18-30(29)25-33)34-14-8-16-37-38(34)35-13-6-7-15-36(35)45-37;1-2-10-28(11-3-1)39-42-40(31-21-18-26-9-4-5-12-29(26)23-31)44-41(43-39)32-22-19-27-17-20-30(24-33(27)25-32)34-14-8-16-37-38(34)35-13-6-7-15-36(35)45-37/h1-29H;2*1-25H. The van der Waals surface area contributed by atoms with Crippen molar-refractivity contribution in [3.05, 3.63) is 479 Å². The van der Waals surface area contributed by atoms with Crippen LogP contribution in [0.25, 0.3) is 277 Å². The number of fused-ring (bicyclic) bond motifs is 15. The van der Waals surface area contributed by atoms with Gasteiger partial charge in [-0.05, 0) is 194 Å². The van der Waals surface area contributed by atoms with E-state index in [1.54, 1.807) is 0 Å². The molecule has 0 N–H and O–H groups in total. The molecular weight excluding hydrogens is 1720 g/mol. The molecule has 0 saturated carbocycles. The number of hydrogen-bond donors (Lipinski definition) is 0. The number of nitrogens with zero attached hydrogens (tertiary/aromatic N) is 9. The van der Waals surface area contributed by atoms with Crippen LogP contribution in [-0.2, 0) is 0 Å². The van der Waals surface area contributed by atoms with Gasteiger partial charge in [-0.1, -0.05) is 394 Å². The van der Waals surface area contributed by atoms with Crippen molar-refractivity contribution in [3.8, 4) is 147 Å². The number of aromatic nitrogens is 9. The number of rotatable bonds is 13. The van der Waals surface area contributed by atoms with Gasteiger partial charge >= 0.3 is 0 Å². The lowest BCUT2D eigenvalue weighted by molar-refractivity contribution is 0.668. The SMILES string of the molecule is c1ccc(-c2nc(-c3ccc4ccccc4c3)nc(-c3ccc4cc(-c5cccc6oc7ccccc7c56)ccc4c3)n2)cc1.c1ccc(-c2nc(-c3ccc4ccccc4c3)nc(-c3ccc4ccc(-c5cccc6oc7ccccc7c56)cc4c3)n2)cc1.c1ccc(-c2nc(-c3ccccc3)nc(-c3ccc4cc(-c5cccc6c(-c7cccc8oc9ccccc9c78)cccc56)ccc4c3)n2)cc1. The molecule has 6 aromatic heterocycles. The van der Waals surface area contributed by atoms with E-state index in [1.807, 2.05) is 170 Å². The van der Waals surface area contributed by atoms with Crippen LogP contribution in [0, 0.1) is 0 Å². The summed E-state index contributed by atoms with van der Waals surface area (Å²) in [5, 5.41) is 20.7. The summed E-state index contributed by atoms with van der Waals surface area (Å²) in [4.78, 5) is 44.6. The highest BCUT2D eigenvalue weighted by Crippen LogP contribution is 2.46. The average Bonchev–Trinajstić information content (AvgIpc) is 1.62. The Hall–Kier alpha value is -19.2. The Morgan fingerprint density at radius 2 is 0.319 bits per heavy atom. The molecular formula is C129H79N9O3. The van der Waals surface area contributed by atoms with Gasteiger partial charge in [0.2, 0.25) is 0 Å². The summed E-state index contributed by atoms with van der Waals surface area (Å²) in [6.07, 6.45) is 0. The Morgan fingerprint density at radius 3 is 0.674 bits per heavy atom. The second-order valence-electron chi connectivity index (χ2n) is 35.4. The van der Waals surface area contributed by atoms with Crippen LogP contribution in [0.4, 0.5) is 0 Å². The zero-order valence-electron chi connectivity index (χ0n) is 75.9. The lowest BCUT2D eigenvalue weighted by atomic mass is 9.90. The second kappa shape index (κ2) is 35.3. The number of hydrogen-bond acceptors (Lipinski definition) is 12. The van der Waals surface area contributed by atoms with Crippen molar-refractivity contribution in [2.24, 2.45) is 0 Å². The van der Waals surface area contributed by atoms with E-state index in [1.165, 1.54) is 43.8 Å². The molecule has 0 fully saturated rings. The largest absolute Gasteiger partial charge is 0.456 e. The molecule has 6 heterocycles. The fourth-order valence-corrected chi connectivity index (χ4v) is 19.8. The van der Waals surface area contributed by atoms with Gasteiger partial charge < -0.3 is 13.3 Å². The molecule has 28 rings (SSSR count). The molecule has 0 atom stereocenters. The van der Waals surface area contributed by atoms with Gasteiger partial charge in [0.05, 0.1) is 0 Å². The molecule has 0 saturated heterocycles. The van der Waals surface area contributed by atoms with Crippen LogP contribution in [0.15, 0.2) is 492 Å². The smallest absolute Gasteiger partial charge is 0.164 e. The minimum atomic E-state index is 0.641. The van der Waals surface area contributed by atoms with Crippen molar-refractivity contribution in [1.82, 2.24) is 44.9 Å². The minimum absolute atomic E-state index is 0.641. The highest BCUT2D eigenvalue weighted by atomic mass is 16.3. The quantitative estimate of drug-likeness (QED) is 0.108. The molecule has 0 radical (unpaired) electrons. The summed E-state index contributed by atoms with van der Waals surface area (Å²) in [5.41, 5.74) is 23.3. The van der Waals surface area contributed by atoms with Crippen LogP contribution < -0.4 is 0 Å². The Balaban J connectivity index is 0.000000109. The van der Waals surface area contributed by atoms with Gasteiger partial charge in [0, 0.05) is 82.4 Å². The molecule has 141 heavy (non-hydrogen) atoms. The van der Waals surface area contributed by atoms with E-state index in [-0.39, 0.29) is 0 Å². The Bertz CT molecular complexity index is 9730. The highest BCUT2D eigenvalue weighted by molar-refractivity contribution is 6.18. The molecule has 0 aliphatic rings. The topological polar surface area (TPSA) is 155 Å². The van der Waals surface area contributed by atoms with Gasteiger partial charge in [-0.3, -0.25) is 0 Å². The van der Waals surface area contributed by atoms with Crippen molar-refractivity contribution in [1.29, 1.82) is 0 Å². The van der Waals surface area contributed by atoms with Crippen LogP contribution >= 0.6 is 0 Å². The summed E-state index contributed by atoms with van der Waals surface area (Å²) in [6, 6.07) is 166. The van der Waals surface area contributed by atoms with E-state index >= 15 is 0 Å². The number of para-hydroxylation sites is 3. The van der Waals surface area contributed by atoms with Gasteiger partial charge in [0.25, 0.3) is 0 Å². The van der Waals surface area contributed by atoms with Crippen molar-refractivity contribution >= 4 is 130 Å². The molecule has 0 amide bonds. The third-order valence-electron chi connectivity index (χ3n) is 26.7. The first-order valence-corrected chi connectivity index (χ1v) is 47.2. The van der Waals surface area contributed by atoms with E-state index < -0.39 is 0 Å². The van der Waals surface area contributed by atoms with Crippen LogP contribution in [0.3, 0.4) is 0 Å². The molecule has 0 aliphatic heterocycles. The van der Waals surface area contributed by atoms with Crippen LogP contribution in [0.5, 0.6) is 0 Å². The van der Waals surface area contributed by atoms with Crippen molar-refractivity contribution < 1.29 is 13.3 Å². The maximum absolute atomic E-state index is 6.24. The molecule has 0 aliphatic carbocycles. The number of benzene rings is 22. The lowest BCUT2D eigenvalue weighted by Crippen LogP contribution is -2.00. The van der Waals surface area contributed by atoms with E-state index in [4.69, 9.17) is 58.1 Å². The van der Waals surface area contributed by atoms with Crippen molar-refractivity contribution in [2.45, 2.75) is 0 Å². The highest BCUT2D eigenvalue weighted by Gasteiger charge is 2.23. The molecule has 0 spiro atoms. The summed E-state index contributed by atoms with van der Waals surface area (Å²) in [6.45, 7) is 0. The summed E-state index contributed by atoms with van der Waals surface area (Å²) >= 11 is 0. The maximum Gasteiger partial charge on any atom is 0.164 e. The first-order valence-electron chi connectivity index (χ1n) is 47.2. The van der Waals surface area contributed by atoms with Crippen LogP contribution in [0.1, 0.15) is 0 Å². The molecule has 28 aromatic rings. The summed E-state index contributed by atoms with van der Waals surface area (Å²) in [5.74, 6) is 5.85. The van der Waals surface area contributed by atoms with Gasteiger partial charge in [0.15, 0.2) is 52.4 Å². The monoisotopic (exact) mass is 1800 g/mol. The third-order valence-corrected chi connectivity index (χ3v) is 26.7. The molecule has 658 valence electrons. The Morgan fingerprint density at radius 1 is 0.113 bits per heavy atom. The van der Waals surface area contributed by atoms with E-state index in [0.29, 0.717) is 52.4 Å². The summed E-state index contributed by atoms with van der Waals surface area (Å²) in [7, 11) is 0. The molecule has 0 unspecified atom stereocenters. The van der Waals surface area contributed by atoms with Gasteiger partial charge in [-0.2, -0.15) is 0 Å². The zero-order chi connectivity index (χ0) is 93.2. The average molecular weight is 1800 g/mol. The van der Waals surface area contributed by atoms with Crippen LogP contribution in [-0.4, -0.2) is 44.9 Å². The predicted octanol–water partition coefficient (Wildman–Crippen LogP) is 33.9. The zero-order valence-corrected chi connectivity index (χ0v) is 75.9. The molecule has 22 aromatic carbocycles. The maximum atomic E-state index is 6.24. The van der Waals surface area contributed by atoms with Gasteiger partial charge in [-0.15, -0.1) is 0 Å². The minimum Gasteiger partial charge on any atom is -0.456 e. The number of furan rings is 3. The summed E-state index contributed by atoms with van der Waals surface area (Å²) < 4.78 is 18.6. The lowest BCUT2D eigenvalue weighted by Gasteiger charge is -2.13. The normalized spacial score (nSPS) is 11.5. The van der Waals surface area contributed by atoms with Crippen molar-refractivity contribution in [3.63, 3.8) is 0 Å². The van der Waals surface area contributed by atoms with Gasteiger partial charge in [-0.25, -0.2) is 44.9 Å². The first-order chi connectivity index (χ1) is 69.8.